The smallest absolute Gasteiger partial charge is 0.240 e. The average Bonchev–Trinajstić information content (AvgIpc) is 2.70. The fourth-order valence-corrected chi connectivity index (χ4v) is 2.06. The quantitative estimate of drug-likeness (QED) is 0.859. The summed E-state index contributed by atoms with van der Waals surface area (Å²) in [5, 5.41) is 13.8. The van der Waals surface area contributed by atoms with E-state index in [4.69, 9.17) is 4.52 Å². The summed E-state index contributed by atoms with van der Waals surface area (Å²) in [5.74, 6) is 1.49. The molecule has 2 rings (SSSR count). The van der Waals surface area contributed by atoms with Gasteiger partial charge in [0.2, 0.25) is 5.89 Å². The molecule has 1 aromatic heterocycles. The summed E-state index contributed by atoms with van der Waals surface area (Å²) in [6.07, 6.45) is 3.52. The van der Waals surface area contributed by atoms with E-state index < -0.39 is 5.60 Å². The lowest BCUT2D eigenvalue weighted by Gasteiger charge is -2.34. The maximum Gasteiger partial charge on any atom is 0.240 e. The Labute approximate surface area is 102 Å². The zero-order chi connectivity index (χ0) is 12.3. The van der Waals surface area contributed by atoms with Gasteiger partial charge in [-0.05, 0) is 26.2 Å². The van der Waals surface area contributed by atoms with E-state index in [9.17, 15) is 5.11 Å². The Bertz CT molecular complexity index is 352. The van der Waals surface area contributed by atoms with Gasteiger partial charge < -0.3 is 9.63 Å². The minimum atomic E-state index is -0.501. The molecule has 1 fully saturated rings. The molecule has 0 aliphatic carbocycles. The van der Waals surface area contributed by atoms with Gasteiger partial charge in [0.25, 0.3) is 0 Å². The number of nitrogens with zero attached hydrogens (tertiary/aromatic N) is 3. The molecule has 1 N–H and O–H groups in total. The Balaban J connectivity index is 1.84. The van der Waals surface area contributed by atoms with Gasteiger partial charge in [0.1, 0.15) is 0 Å². The Morgan fingerprint density at radius 3 is 2.76 bits per heavy atom. The van der Waals surface area contributed by atoms with Gasteiger partial charge in [-0.2, -0.15) is 4.98 Å². The molecule has 1 saturated heterocycles. The monoisotopic (exact) mass is 239 g/mol. The van der Waals surface area contributed by atoms with Crippen LogP contribution in [0.25, 0.3) is 0 Å². The van der Waals surface area contributed by atoms with E-state index in [0.717, 1.165) is 44.6 Å². The van der Waals surface area contributed by atoms with Crippen LogP contribution in [0.3, 0.4) is 0 Å². The van der Waals surface area contributed by atoms with Crippen LogP contribution in [0.4, 0.5) is 0 Å². The normalized spacial score (nSPS) is 20.6. The van der Waals surface area contributed by atoms with Gasteiger partial charge in [-0.25, -0.2) is 0 Å². The van der Waals surface area contributed by atoms with Crippen LogP contribution in [0.2, 0.25) is 0 Å². The first-order valence-electron chi connectivity index (χ1n) is 6.35. The Morgan fingerprint density at radius 1 is 1.41 bits per heavy atom. The van der Waals surface area contributed by atoms with E-state index in [-0.39, 0.29) is 0 Å². The molecule has 0 bridgehead atoms. The largest absolute Gasteiger partial charge is 0.390 e. The molecule has 0 unspecified atom stereocenters. The van der Waals surface area contributed by atoms with Crippen LogP contribution in [0.1, 0.15) is 44.8 Å². The highest BCUT2D eigenvalue weighted by atomic mass is 16.5. The molecule has 0 saturated carbocycles. The molecule has 1 aliphatic rings. The summed E-state index contributed by atoms with van der Waals surface area (Å²) in [7, 11) is 0. The molecule has 1 aliphatic heterocycles. The van der Waals surface area contributed by atoms with Crippen molar-refractivity contribution in [2.45, 2.75) is 51.7 Å². The van der Waals surface area contributed by atoms with Crippen molar-refractivity contribution in [2.24, 2.45) is 0 Å². The predicted octanol–water partition coefficient (Wildman–Crippen LogP) is 1.37. The van der Waals surface area contributed by atoms with Crippen molar-refractivity contribution in [2.75, 3.05) is 13.1 Å². The molecule has 96 valence electrons. The summed E-state index contributed by atoms with van der Waals surface area (Å²) < 4.78 is 5.21. The van der Waals surface area contributed by atoms with E-state index in [2.05, 4.69) is 22.0 Å². The number of rotatable bonds is 4. The van der Waals surface area contributed by atoms with Crippen LogP contribution >= 0.6 is 0 Å². The van der Waals surface area contributed by atoms with Crippen molar-refractivity contribution in [3.63, 3.8) is 0 Å². The van der Waals surface area contributed by atoms with Crippen LogP contribution in [0.15, 0.2) is 4.52 Å². The summed E-state index contributed by atoms with van der Waals surface area (Å²) in [4.78, 5) is 6.60. The second-order valence-corrected chi connectivity index (χ2v) is 5.13. The van der Waals surface area contributed by atoms with Gasteiger partial charge in [-0.1, -0.05) is 12.1 Å². The molecule has 0 amide bonds. The molecule has 1 aromatic rings. The topological polar surface area (TPSA) is 62.4 Å². The molecule has 0 aromatic carbocycles. The van der Waals surface area contributed by atoms with Crippen LogP contribution in [-0.4, -0.2) is 38.8 Å². The molecule has 5 nitrogen and oxygen atoms in total. The lowest BCUT2D eigenvalue weighted by molar-refractivity contribution is -0.00944. The van der Waals surface area contributed by atoms with Crippen molar-refractivity contribution in [1.29, 1.82) is 0 Å². The lowest BCUT2D eigenvalue weighted by Crippen LogP contribution is -2.42. The van der Waals surface area contributed by atoms with Crippen LogP contribution in [0, 0.1) is 0 Å². The van der Waals surface area contributed by atoms with E-state index in [1.165, 1.54) is 0 Å². The summed E-state index contributed by atoms with van der Waals surface area (Å²) in [5.41, 5.74) is -0.501. The first-order valence-corrected chi connectivity index (χ1v) is 6.35. The number of likely N-dealkylation sites (tertiary alicyclic amines) is 1. The highest BCUT2D eigenvalue weighted by Gasteiger charge is 2.27. The highest BCUT2D eigenvalue weighted by Crippen LogP contribution is 2.22. The number of hydrogen-bond acceptors (Lipinski definition) is 5. The number of aliphatic hydroxyl groups is 1. The van der Waals surface area contributed by atoms with E-state index in [1.807, 2.05) is 6.92 Å². The number of aryl methyl sites for hydroxylation is 1. The molecule has 0 atom stereocenters. The van der Waals surface area contributed by atoms with Gasteiger partial charge in [0.05, 0.1) is 12.1 Å². The first-order chi connectivity index (χ1) is 8.09. The molecule has 2 heterocycles. The Kier molecular flexibility index (Phi) is 3.79. The van der Waals surface area contributed by atoms with Crippen molar-refractivity contribution < 1.29 is 9.63 Å². The van der Waals surface area contributed by atoms with Crippen LogP contribution < -0.4 is 0 Å². The van der Waals surface area contributed by atoms with Gasteiger partial charge in [0, 0.05) is 19.5 Å². The fraction of sp³-hybridized carbons (Fsp3) is 0.833. The predicted molar refractivity (Wildman–Crippen MR) is 63.4 cm³/mol. The van der Waals surface area contributed by atoms with Gasteiger partial charge in [-0.15, -0.1) is 0 Å². The van der Waals surface area contributed by atoms with E-state index >= 15 is 0 Å². The third-order valence-electron chi connectivity index (χ3n) is 3.28. The van der Waals surface area contributed by atoms with Crippen molar-refractivity contribution in [1.82, 2.24) is 15.0 Å². The molecular weight excluding hydrogens is 218 g/mol. The zero-order valence-electron chi connectivity index (χ0n) is 10.6. The fourth-order valence-electron chi connectivity index (χ4n) is 2.06. The maximum atomic E-state index is 9.85. The van der Waals surface area contributed by atoms with Gasteiger partial charge >= 0.3 is 0 Å². The third kappa shape index (κ3) is 3.51. The second-order valence-electron chi connectivity index (χ2n) is 5.13. The average molecular weight is 239 g/mol. The van der Waals surface area contributed by atoms with Crippen LogP contribution in [-0.2, 0) is 13.0 Å². The Hall–Kier alpha value is -0.940. The van der Waals surface area contributed by atoms with E-state index in [0.29, 0.717) is 12.4 Å². The summed E-state index contributed by atoms with van der Waals surface area (Å²) in [6.45, 7) is 6.48. The third-order valence-corrected chi connectivity index (χ3v) is 3.28. The van der Waals surface area contributed by atoms with Crippen molar-refractivity contribution in [3.8, 4) is 0 Å². The zero-order valence-corrected chi connectivity index (χ0v) is 10.6. The van der Waals surface area contributed by atoms with E-state index in [1.54, 1.807) is 0 Å². The Morgan fingerprint density at radius 2 is 2.12 bits per heavy atom. The molecule has 0 spiro atoms. The second kappa shape index (κ2) is 5.14. The van der Waals surface area contributed by atoms with Crippen LogP contribution in [0.5, 0.6) is 0 Å². The number of hydrogen-bond donors (Lipinski definition) is 1. The summed E-state index contributed by atoms with van der Waals surface area (Å²) >= 11 is 0. The number of aromatic nitrogens is 2. The first kappa shape index (κ1) is 12.5. The van der Waals surface area contributed by atoms with Gasteiger partial charge in [-0.3, -0.25) is 4.90 Å². The molecule has 5 heteroatoms. The standard InChI is InChI=1S/C12H21N3O2/c1-3-4-10-13-11(17-14-10)9-15-7-5-12(2,16)6-8-15/h16H,3-9H2,1-2H3. The summed E-state index contributed by atoms with van der Waals surface area (Å²) in [6, 6.07) is 0. The van der Waals surface area contributed by atoms with Crippen molar-refractivity contribution >= 4 is 0 Å². The minimum absolute atomic E-state index is 0.501. The minimum Gasteiger partial charge on any atom is -0.390 e. The maximum absolute atomic E-state index is 9.85. The van der Waals surface area contributed by atoms with Crippen molar-refractivity contribution in [3.05, 3.63) is 11.7 Å². The van der Waals surface area contributed by atoms with Gasteiger partial charge in [0.15, 0.2) is 5.82 Å². The number of piperidine rings is 1. The molecular formula is C12H21N3O2. The lowest BCUT2D eigenvalue weighted by atomic mass is 9.94. The highest BCUT2D eigenvalue weighted by molar-refractivity contribution is 4.88. The molecule has 0 radical (unpaired) electrons. The molecule has 17 heavy (non-hydrogen) atoms. The SMILES string of the molecule is CCCc1noc(CN2CCC(C)(O)CC2)n1.